The number of carbonyl (C=O) groups excluding carboxylic acids is 1. The van der Waals surface area contributed by atoms with Crippen LogP contribution in [0, 0.1) is 17.3 Å². The van der Waals surface area contributed by atoms with Gasteiger partial charge in [-0.15, -0.1) is 0 Å². The fraction of sp³-hybridized carbons (Fsp3) is 0.667. The Morgan fingerprint density at radius 1 is 1.44 bits per heavy atom. The Labute approximate surface area is 98.6 Å². The van der Waals surface area contributed by atoms with Gasteiger partial charge in [0.2, 0.25) is 0 Å². The lowest BCUT2D eigenvalue weighted by Gasteiger charge is -2.32. The van der Waals surface area contributed by atoms with Gasteiger partial charge >= 0.3 is 0 Å². The largest absolute Gasteiger partial charge is 0.295 e. The molecule has 2 fully saturated rings. The molecular formula is C15H22O. The molecule has 0 spiro atoms. The molecule has 2 aliphatic rings. The Hall–Kier alpha value is -0.850. The summed E-state index contributed by atoms with van der Waals surface area (Å²) in [5, 5.41) is 0. The minimum Gasteiger partial charge on any atom is -0.295 e. The van der Waals surface area contributed by atoms with Gasteiger partial charge in [-0.3, -0.25) is 4.79 Å². The number of carbonyl (C=O) groups is 1. The van der Waals surface area contributed by atoms with Crippen LogP contribution in [-0.2, 0) is 4.79 Å². The van der Waals surface area contributed by atoms with Crippen molar-refractivity contribution in [2.24, 2.45) is 17.3 Å². The van der Waals surface area contributed by atoms with Crippen molar-refractivity contribution in [3.8, 4) is 0 Å². The zero-order valence-electron chi connectivity index (χ0n) is 10.6. The van der Waals surface area contributed by atoms with E-state index < -0.39 is 0 Å². The average molecular weight is 218 g/mol. The van der Waals surface area contributed by atoms with Crippen LogP contribution >= 0.6 is 0 Å². The van der Waals surface area contributed by atoms with Crippen molar-refractivity contribution in [2.45, 2.75) is 46.5 Å². The van der Waals surface area contributed by atoms with Gasteiger partial charge in [-0.1, -0.05) is 38.5 Å². The van der Waals surface area contributed by atoms with Crippen molar-refractivity contribution in [2.75, 3.05) is 0 Å². The van der Waals surface area contributed by atoms with E-state index in [1.165, 1.54) is 19.3 Å². The maximum absolute atomic E-state index is 11.2. The molecule has 2 bridgehead atoms. The first kappa shape index (κ1) is 11.6. The fourth-order valence-corrected chi connectivity index (χ4v) is 3.41. The summed E-state index contributed by atoms with van der Waals surface area (Å²) in [5.41, 5.74) is 1.94. The smallest absolute Gasteiger partial charge is 0.155 e. The van der Waals surface area contributed by atoms with Crippen molar-refractivity contribution in [1.82, 2.24) is 0 Å². The molecular weight excluding hydrogens is 196 g/mol. The van der Waals surface area contributed by atoms with Gasteiger partial charge in [-0.05, 0) is 42.6 Å². The highest BCUT2D eigenvalue weighted by molar-refractivity contribution is 5.89. The van der Waals surface area contributed by atoms with Crippen LogP contribution < -0.4 is 0 Å². The third kappa shape index (κ3) is 1.88. The molecule has 2 aliphatic carbocycles. The number of hydrogen-bond acceptors (Lipinski definition) is 1. The normalized spacial score (nSPS) is 34.1. The van der Waals surface area contributed by atoms with Gasteiger partial charge in [0.05, 0.1) is 0 Å². The summed E-state index contributed by atoms with van der Waals surface area (Å²) in [6.45, 7) is 6.62. The summed E-state index contributed by atoms with van der Waals surface area (Å²) in [4.78, 5) is 11.2. The number of rotatable bonds is 3. The molecule has 0 amide bonds. The molecule has 0 aromatic heterocycles. The molecule has 0 radical (unpaired) electrons. The molecule has 0 aromatic carbocycles. The Kier molecular flexibility index (Phi) is 3.05. The molecule has 0 saturated heterocycles. The molecule has 2 rings (SSSR count). The Morgan fingerprint density at radius 2 is 2.19 bits per heavy atom. The van der Waals surface area contributed by atoms with E-state index in [4.69, 9.17) is 0 Å². The van der Waals surface area contributed by atoms with E-state index in [9.17, 15) is 4.79 Å². The lowest BCUT2D eigenvalue weighted by Crippen LogP contribution is -2.22. The third-order valence-corrected chi connectivity index (χ3v) is 4.54. The van der Waals surface area contributed by atoms with Crippen molar-refractivity contribution in [3.05, 3.63) is 23.8 Å². The monoisotopic (exact) mass is 218 g/mol. The summed E-state index contributed by atoms with van der Waals surface area (Å²) in [7, 11) is 0. The molecule has 2 saturated carbocycles. The van der Waals surface area contributed by atoms with Gasteiger partial charge in [-0.2, -0.15) is 0 Å². The molecule has 1 nitrogen and oxygen atoms in total. The highest BCUT2D eigenvalue weighted by Crippen LogP contribution is 2.58. The Bertz CT molecular complexity index is 346. The predicted molar refractivity (Wildman–Crippen MR) is 67.1 cm³/mol. The minimum absolute atomic E-state index is 0.220. The highest BCUT2D eigenvalue weighted by Gasteiger charge is 2.48. The van der Waals surface area contributed by atoms with Crippen molar-refractivity contribution in [1.29, 1.82) is 0 Å². The van der Waals surface area contributed by atoms with Gasteiger partial charge in [-0.25, -0.2) is 0 Å². The number of allylic oxidation sites excluding steroid dienone is 4. The second-order valence-corrected chi connectivity index (χ2v) is 5.73. The van der Waals surface area contributed by atoms with Crippen molar-refractivity contribution in [3.63, 3.8) is 0 Å². The lowest BCUT2D eigenvalue weighted by atomic mass is 9.72. The summed E-state index contributed by atoms with van der Waals surface area (Å²) in [6.07, 6.45) is 10.6. The van der Waals surface area contributed by atoms with Crippen molar-refractivity contribution >= 4 is 5.78 Å². The van der Waals surface area contributed by atoms with Gasteiger partial charge in [0, 0.05) is 6.42 Å². The number of hydrogen-bond donors (Lipinski definition) is 0. The van der Waals surface area contributed by atoms with E-state index >= 15 is 0 Å². The standard InChI is InChI=1S/C15H22O/c1-4-13(16)6-5-7-14-11-8-9-12(10-11)15(14,2)3/h5-7,11-12H,4,8-10H2,1-3H3/b6-5+,14-7+. The van der Waals surface area contributed by atoms with Crippen LogP contribution in [0.2, 0.25) is 0 Å². The first-order valence-electron chi connectivity index (χ1n) is 6.47. The second-order valence-electron chi connectivity index (χ2n) is 5.73. The molecule has 0 heterocycles. The first-order valence-corrected chi connectivity index (χ1v) is 6.47. The van der Waals surface area contributed by atoms with Crippen LogP contribution in [0.5, 0.6) is 0 Å². The summed E-state index contributed by atoms with van der Waals surface area (Å²) in [6, 6.07) is 0. The van der Waals surface area contributed by atoms with E-state index in [-0.39, 0.29) is 5.78 Å². The van der Waals surface area contributed by atoms with Crippen LogP contribution in [0.4, 0.5) is 0 Å². The van der Waals surface area contributed by atoms with Crippen LogP contribution in [-0.4, -0.2) is 5.78 Å². The molecule has 0 aliphatic heterocycles. The van der Waals surface area contributed by atoms with Crippen molar-refractivity contribution < 1.29 is 4.79 Å². The van der Waals surface area contributed by atoms with Gasteiger partial charge < -0.3 is 0 Å². The summed E-state index contributed by atoms with van der Waals surface area (Å²) >= 11 is 0. The Balaban J connectivity index is 2.12. The van der Waals surface area contributed by atoms with Gasteiger partial charge in [0.1, 0.15) is 0 Å². The van der Waals surface area contributed by atoms with Crippen LogP contribution in [0.3, 0.4) is 0 Å². The molecule has 2 atom stereocenters. The third-order valence-electron chi connectivity index (χ3n) is 4.54. The molecule has 16 heavy (non-hydrogen) atoms. The second kappa shape index (κ2) is 4.20. The van der Waals surface area contributed by atoms with Gasteiger partial charge in [0.25, 0.3) is 0 Å². The molecule has 1 heteroatoms. The summed E-state index contributed by atoms with van der Waals surface area (Å²) < 4.78 is 0. The molecule has 2 unspecified atom stereocenters. The maximum atomic E-state index is 11.2. The number of fused-ring (bicyclic) bond motifs is 2. The molecule has 0 aromatic rings. The first-order chi connectivity index (χ1) is 7.55. The van der Waals surface area contributed by atoms with E-state index in [0.717, 1.165) is 11.8 Å². The zero-order valence-corrected chi connectivity index (χ0v) is 10.6. The van der Waals surface area contributed by atoms with E-state index in [0.29, 0.717) is 11.8 Å². The minimum atomic E-state index is 0.220. The predicted octanol–water partition coefficient (Wildman–Crippen LogP) is 3.90. The molecule has 0 N–H and O–H groups in total. The highest BCUT2D eigenvalue weighted by atomic mass is 16.1. The van der Waals surface area contributed by atoms with E-state index in [2.05, 4.69) is 19.9 Å². The van der Waals surface area contributed by atoms with E-state index in [1.807, 2.05) is 13.0 Å². The average Bonchev–Trinajstić information content (AvgIpc) is 2.79. The Morgan fingerprint density at radius 3 is 2.75 bits per heavy atom. The van der Waals surface area contributed by atoms with Crippen LogP contribution in [0.25, 0.3) is 0 Å². The molecule has 88 valence electrons. The lowest BCUT2D eigenvalue weighted by molar-refractivity contribution is -0.114. The summed E-state index contributed by atoms with van der Waals surface area (Å²) in [5.74, 6) is 1.89. The maximum Gasteiger partial charge on any atom is 0.155 e. The van der Waals surface area contributed by atoms with Crippen LogP contribution in [0.15, 0.2) is 23.8 Å². The number of ketones is 1. The van der Waals surface area contributed by atoms with Gasteiger partial charge in [0.15, 0.2) is 5.78 Å². The topological polar surface area (TPSA) is 17.1 Å². The SMILES string of the molecule is CCC(=O)/C=C/C=C1\C2CCC(C2)C1(C)C. The van der Waals surface area contributed by atoms with E-state index in [1.54, 1.807) is 11.6 Å². The van der Waals surface area contributed by atoms with Crippen LogP contribution in [0.1, 0.15) is 46.5 Å². The zero-order chi connectivity index (χ0) is 11.8. The quantitative estimate of drug-likeness (QED) is 0.656. The fourth-order valence-electron chi connectivity index (χ4n) is 3.41.